The van der Waals surface area contributed by atoms with Gasteiger partial charge in [-0.1, -0.05) is 32.4 Å². The third-order valence-electron chi connectivity index (χ3n) is 2.69. The Morgan fingerprint density at radius 3 is 2.75 bits per heavy atom. The molecule has 1 heteroatoms. The molecule has 0 N–H and O–H groups in total. The molecule has 1 aliphatic carbocycles. The molecule has 3 atom stereocenters. The molecule has 0 heterocycles. The first-order valence-corrected chi connectivity index (χ1v) is 6.27. The second-order valence-electron chi connectivity index (χ2n) is 3.82. The molecular weight excluding hydrogens is 164 g/mol. The van der Waals surface area contributed by atoms with Crippen molar-refractivity contribution in [2.24, 2.45) is 11.8 Å². The van der Waals surface area contributed by atoms with E-state index in [0.29, 0.717) is 0 Å². The number of allylic oxidation sites excluding steroid dienone is 2. The highest BCUT2D eigenvalue weighted by Gasteiger charge is 2.22. The highest BCUT2D eigenvalue weighted by atomic mass is 32.2. The summed E-state index contributed by atoms with van der Waals surface area (Å²) in [7, 11) is 0. The van der Waals surface area contributed by atoms with Crippen molar-refractivity contribution in [2.75, 3.05) is 6.26 Å². The number of hydrogen-bond donors (Lipinski definition) is 0. The standard InChI is InChI=1S/C11H20S/c1-4-5-10-7-6-9(2)8-11(10)12-3/h6-7,9-11H,4-5,8H2,1-3H3. The summed E-state index contributed by atoms with van der Waals surface area (Å²) in [5, 5.41) is 0.880. The number of hydrogen-bond acceptors (Lipinski definition) is 1. The minimum Gasteiger partial charge on any atom is -0.161 e. The highest BCUT2D eigenvalue weighted by molar-refractivity contribution is 7.99. The van der Waals surface area contributed by atoms with Crippen molar-refractivity contribution in [2.45, 2.75) is 38.4 Å². The third kappa shape index (κ3) is 2.55. The van der Waals surface area contributed by atoms with Gasteiger partial charge < -0.3 is 0 Å². The summed E-state index contributed by atoms with van der Waals surface area (Å²) in [6.45, 7) is 4.60. The third-order valence-corrected chi connectivity index (χ3v) is 3.84. The summed E-state index contributed by atoms with van der Waals surface area (Å²) in [5.41, 5.74) is 0. The van der Waals surface area contributed by atoms with E-state index in [4.69, 9.17) is 0 Å². The van der Waals surface area contributed by atoms with Gasteiger partial charge in [-0.2, -0.15) is 11.8 Å². The number of rotatable bonds is 3. The maximum atomic E-state index is 2.44. The molecule has 12 heavy (non-hydrogen) atoms. The SMILES string of the molecule is CCCC1C=CC(C)CC1SC. The summed E-state index contributed by atoms with van der Waals surface area (Å²) in [6, 6.07) is 0. The lowest BCUT2D eigenvalue weighted by molar-refractivity contribution is 0.464. The Balaban J connectivity index is 2.52. The van der Waals surface area contributed by atoms with Gasteiger partial charge in [0.05, 0.1) is 0 Å². The Kier molecular flexibility index (Phi) is 4.20. The molecule has 0 aliphatic heterocycles. The zero-order chi connectivity index (χ0) is 8.97. The molecule has 0 spiro atoms. The van der Waals surface area contributed by atoms with Crippen LogP contribution in [0.4, 0.5) is 0 Å². The van der Waals surface area contributed by atoms with Gasteiger partial charge in [0.2, 0.25) is 0 Å². The molecular formula is C11H20S. The Labute approximate surface area is 80.8 Å². The van der Waals surface area contributed by atoms with Crippen LogP contribution in [0, 0.1) is 11.8 Å². The molecule has 0 radical (unpaired) electrons. The summed E-state index contributed by atoms with van der Waals surface area (Å²) >= 11 is 2.05. The topological polar surface area (TPSA) is 0 Å². The fourth-order valence-corrected chi connectivity index (χ4v) is 3.03. The molecule has 1 rings (SSSR count). The van der Waals surface area contributed by atoms with Gasteiger partial charge in [0.15, 0.2) is 0 Å². The van der Waals surface area contributed by atoms with E-state index in [9.17, 15) is 0 Å². The largest absolute Gasteiger partial charge is 0.161 e. The summed E-state index contributed by atoms with van der Waals surface area (Å²) in [4.78, 5) is 0. The van der Waals surface area contributed by atoms with Crippen molar-refractivity contribution in [3.05, 3.63) is 12.2 Å². The molecule has 0 aromatic heterocycles. The smallest absolute Gasteiger partial charge is 0.0113 e. The summed E-state index contributed by atoms with van der Waals surface area (Å²) < 4.78 is 0. The van der Waals surface area contributed by atoms with Gasteiger partial charge in [0.1, 0.15) is 0 Å². The predicted molar refractivity (Wildman–Crippen MR) is 58.6 cm³/mol. The minimum absolute atomic E-state index is 0.801. The predicted octanol–water partition coefficient (Wildman–Crippen LogP) is 3.73. The first kappa shape index (κ1) is 10.2. The zero-order valence-electron chi connectivity index (χ0n) is 8.42. The second-order valence-corrected chi connectivity index (χ2v) is 4.90. The summed E-state index contributed by atoms with van der Waals surface area (Å²) in [6.07, 6.45) is 11.2. The van der Waals surface area contributed by atoms with Crippen LogP contribution >= 0.6 is 11.8 Å². The lowest BCUT2D eigenvalue weighted by Crippen LogP contribution is -2.21. The molecule has 1 aliphatic rings. The Morgan fingerprint density at radius 1 is 1.42 bits per heavy atom. The van der Waals surface area contributed by atoms with E-state index >= 15 is 0 Å². The Morgan fingerprint density at radius 2 is 2.17 bits per heavy atom. The quantitative estimate of drug-likeness (QED) is 0.602. The first-order valence-electron chi connectivity index (χ1n) is 4.99. The molecule has 0 amide bonds. The van der Waals surface area contributed by atoms with E-state index < -0.39 is 0 Å². The van der Waals surface area contributed by atoms with Crippen molar-refractivity contribution >= 4 is 11.8 Å². The van der Waals surface area contributed by atoms with E-state index in [1.165, 1.54) is 19.3 Å². The van der Waals surface area contributed by atoms with E-state index in [0.717, 1.165) is 17.1 Å². The van der Waals surface area contributed by atoms with Crippen LogP contribution in [0.5, 0.6) is 0 Å². The van der Waals surface area contributed by atoms with E-state index in [2.05, 4.69) is 32.3 Å². The van der Waals surface area contributed by atoms with Crippen molar-refractivity contribution in [1.82, 2.24) is 0 Å². The van der Waals surface area contributed by atoms with E-state index in [1.807, 2.05) is 11.8 Å². The van der Waals surface area contributed by atoms with E-state index in [-0.39, 0.29) is 0 Å². The normalized spacial score (nSPS) is 35.4. The molecule has 0 nitrogen and oxygen atoms in total. The van der Waals surface area contributed by atoms with Crippen LogP contribution in [0.3, 0.4) is 0 Å². The number of thioether (sulfide) groups is 1. The van der Waals surface area contributed by atoms with Crippen LogP contribution in [-0.4, -0.2) is 11.5 Å². The van der Waals surface area contributed by atoms with Gasteiger partial charge in [-0.15, -0.1) is 0 Å². The van der Waals surface area contributed by atoms with Crippen molar-refractivity contribution in [1.29, 1.82) is 0 Å². The summed E-state index contributed by atoms with van der Waals surface area (Å²) in [5.74, 6) is 1.65. The van der Waals surface area contributed by atoms with Gasteiger partial charge >= 0.3 is 0 Å². The second kappa shape index (κ2) is 4.96. The van der Waals surface area contributed by atoms with Crippen molar-refractivity contribution < 1.29 is 0 Å². The van der Waals surface area contributed by atoms with Crippen molar-refractivity contribution in [3.63, 3.8) is 0 Å². The average Bonchev–Trinajstić information content (AvgIpc) is 2.08. The molecule has 0 saturated heterocycles. The van der Waals surface area contributed by atoms with Gasteiger partial charge in [0.25, 0.3) is 0 Å². The van der Waals surface area contributed by atoms with Crippen LogP contribution in [0.25, 0.3) is 0 Å². The minimum atomic E-state index is 0.801. The Bertz CT molecular complexity index is 151. The van der Waals surface area contributed by atoms with Crippen LogP contribution in [0.1, 0.15) is 33.1 Å². The zero-order valence-corrected chi connectivity index (χ0v) is 9.23. The molecule has 0 saturated carbocycles. The fraction of sp³-hybridized carbons (Fsp3) is 0.818. The van der Waals surface area contributed by atoms with Gasteiger partial charge in [-0.25, -0.2) is 0 Å². The molecule has 0 bridgehead atoms. The molecule has 70 valence electrons. The van der Waals surface area contributed by atoms with Crippen LogP contribution < -0.4 is 0 Å². The maximum absolute atomic E-state index is 2.44. The monoisotopic (exact) mass is 184 g/mol. The van der Waals surface area contributed by atoms with Gasteiger partial charge in [-0.3, -0.25) is 0 Å². The highest BCUT2D eigenvalue weighted by Crippen LogP contribution is 2.33. The average molecular weight is 184 g/mol. The fourth-order valence-electron chi connectivity index (χ4n) is 1.96. The van der Waals surface area contributed by atoms with Crippen LogP contribution in [0.2, 0.25) is 0 Å². The molecule has 0 aromatic rings. The van der Waals surface area contributed by atoms with E-state index in [1.54, 1.807) is 0 Å². The van der Waals surface area contributed by atoms with Gasteiger partial charge in [-0.05, 0) is 30.9 Å². The first-order chi connectivity index (χ1) is 5.77. The van der Waals surface area contributed by atoms with Crippen molar-refractivity contribution in [3.8, 4) is 0 Å². The molecule has 3 unspecified atom stereocenters. The lowest BCUT2D eigenvalue weighted by atomic mass is 9.86. The lowest BCUT2D eigenvalue weighted by Gasteiger charge is -2.28. The Hall–Kier alpha value is 0.0900. The molecule has 0 fully saturated rings. The molecule has 0 aromatic carbocycles. The maximum Gasteiger partial charge on any atom is 0.0113 e. The van der Waals surface area contributed by atoms with Gasteiger partial charge in [0, 0.05) is 5.25 Å². The van der Waals surface area contributed by atoms with Crippen LogP contribution in [0.15, 0.2) is 12.2 Å². The van der Waals surface area contributed by atoms with Crippen LogP contribution in [-0.2, 0) is 0 Å².